The average molecular weight is 260 g/mol. The standard InChI is InChI=1S/C13H15F3O2/c1-9-3-4-11(7-10(9)2)12(17)8-18-6-5-13(14,15)16/h3-4,7H,5-6,8H2,1-2H3. The molecule has 0 N–H and O–H groups in total. The van der Waals surface area contributed by atoms with Gasteiger partial charge < -0.3 is 4.74 Å². The number of rotatable bonds is 5. The second-order valence-electron chi connectivity index (χ2n) is 4.14. The van der Waals surface area contributed by atoms with E-state index in [1.165, 1.54) is 0 Å². The van der Waals surface area contributed by atoms with E-state index in [1.54, 1.807) is 18.2 Å². The quantitative estimate of drug-likeness (QED) is 0.598. The molecular weight excluding hydrogens is 245 g/mol. The highest BCUT2D eigenvalue weighted by molar-refractivity contribution is 5.97. The number of halogens is 3. The number of ether oxygens (including phenoxy) is 1. The first-order valence-corrected chi connectivity index (χ1v) is 5.54. The van der Waals surface area contributed by atoms with E-state index in [0.717, 1.165) is 11.1 Å². The Morgan fingerprint density at radius 2 is 1.89 bits per heavy atom. The molecule has 1 aromatic carbocycles. The zero-order chi connectivity index (χ0) is 13.8. The molecule has 0 heterocycles. The van der Waals surface area contributed by atoms with Crippen LogP contribution in [0.1, 0.15) is 27.9 Å². The van der Waals surface area contributed by atoms with Crippen LogP contribution in [0.3, 0.4) is 0 Å². The molecule has 0 fully saturated rings. The van der Waals surface area contributed by atoms with Gasteiger partial charge in [-0.2, -0.15) is 13.2 Å². The molecule has 0 saturated carbocycles. The van der Waals surface area contributed by atoms with Crippen molar-refractivity contribution in [3.8, 4) is 0 Å². The third-order valence-corrected chi connectivity index (χ3v) is 2.59. The Morgan fingerprint density at radius 1 is 1.22 bits per heavy atom. The van der Waals surface area contributed by atoms with Gasteiger partial charge >= 0.3 is 6.18 Å². The number of carbonyl (C=O) groups is 1. The molecule has 1 rings (SSSR count). The summed E-state index contributed by atoms with van der Waals surface area (Å²) >= 11 is 0. The van der Waals surface area contributed by atoms with Crippen LogP contribution >= 0.6 is 0 Å². The summed E-state index contributed by atoms with van der Waals surface area (Å²) in [7, 11) is 0. The summed E-state index contributed by atoms with van der Waals surface area (Å²) in [6.45, 7) is 2.98. The molecule has 0 amide bonds. The lowest BCUT2D eigenvalue weighted by Crippen LogP contribution is -2.15. The minimum atomic E-state index is -4.25. The first-order valence-electron chi connectivity index (χ1n) is 5.54. The van der Waals surface area contributed by atoms with Gasteiger partial charge in [0.1, 0.15) is 6.61 Å². The Labute approximate surface area is 104 Å². The topological polar surface area (TPSA) is 26.3 Å². The molecule has 18 heavy (non-hydrogen) atoms. The summed E-state index contributed by atoms with van der Waals surface area (Å²) in [6.07, 6.45) is -5.28. The van der Waals surface area contributed by atoms with Crippen LogP contribution < -0.4 is 0 Å². The number of hydrogen-bond acceptors (Lipinski definition) is 2. The second-order valence-corrected chi connectivity index (χ2v) is 4.14. The van der Waals surface area contributed by atoms with Crippen molar-refractivity contribution in [3.63, 3.8) is 0 Å². The maximum Gasteiger partial charge on any atom is 0.391 e. The molecule has 0 aliphatic rings. The molecule has 0 bridgehead atoms. The number of ketones is 1. The molecule has 100 valence electrons. The van der Waals surface area contributed by atoms with Gasteiger partial charge in [0, 0.05) is 5.56 Å². The summed E-state index contributed by atoms with van der Waals surface area (Å²) in [6, 6.07) is 5.17. The highest BCUT2D eigenvalue weighted by atomic mass is 19.4. The third-order valence-electron chi connectivity index (χ3n) is 2.59. The molecule has 2 nitrogen and oxygen atoms in total. The summed E-state index contributed by atoms with van der Waals surface area (Å²) < 4.78 is 40.2. The molecule has 1 aromatic rings. The van der Waals surface area contributed by atoms with Crippen LogP contribution in [-0.4, -0.2) is 25.2 Å². The number of hydrogen-bond donors (Lipinski definition) is 0. The molecule has 0 aromatic heterocycles. The van der Waals surface area contributed by atoms with Gasteiger partial charge in [-0.15, -0.1) is 0 Å². The number of Topliss-reactive ketones (excluding diaryl/α,β-unsaturated/α-hetero) is 1. The van der Waals surface area contributed by atoms with Crippen molar-refractivity contribution >= 4 is 5.78 Å². The van der Waals surface area contributed by atoms with Crippen LogP contribution in [0.5, 0.6) is 0 Å². The lowest BCUT2D eigenvalue weighted by atomic mass is 10.0. The lowest BCUT2D eigenvalue weighted by Gasteiger charge is -2.07. The SMILES string of the molecule is Cc1ccc(C(=O)COCCC(F)(F)F)cc1C. The van der Waals surface area contributed by atoms with Gasteiger partial charge in [-0.05, 0) is 31.0 Å². The van der Waals surface area contributed by atoms with Crippen LogP contribution in [0.2, 0.25) is 0 Å². The van der Waals surface area contributed by atoms with E-state index in [9.17, 15) is 18.0 Å². The fourth-order valence-corrected chi connectivity index (χ4v) is 1.35. The Hall–Kier alpha value is -1.36. The van der Waals surface area contributed by atoms with E-state index in [0.29, 0.717) is 5.56 Å². The molecule has 0 aliphatic heterocycles. The van der Waals surface area contributed by atoms with E-state index < -0.39 is 19.2 Å². The Balaban J connectivity index is 2.43. The fraction of sp³-hybridized carbons (Fsp3) is 0.462. The van der Waals surface area contributed by atoms with Gasteiger partial charge in [0.05, 0.1) is 13.0 Å². The van der Waals surface area contributed by atoms with Crippen molar-refractivity contribution in [2.24, 2.45) is 0 Å². The highest BCUT2D eigenvalue weighted by Crippen LogP contribution is 2.19. The molecule has 0 spiro atoms. The predicted octanol–water partition coefficient (Wildman–Crippen LogP) is 3.46. The molecule has 0 unspecified atom stereocenters. The van der Waals surface area contributed by atoms with E-state index in [2.05, 4.69) is 0 Å². The van der Waals surface area contributed by atoms with Crippen LogP contribution in [-0.2, 0) is 4.74 Å². The van der Waals surface area contributed by atoms with Gasteiger partial charge in [-0.3, -0.25) is 4.79 Å². The van der Waals surface area contributed by atoms with Crippen molar-refractivity contribution in [1.82, 2.24) is 0 Å². The summed E-state index contributed by atoms with van der Waals surface area (Å²) in [5, 5.41) is 0. The minimum Gasteiger partial charge on any atom is -0.373 e. The molecule has 0 radical (unpaired) electrons. The summed E-state index contributed by atoms with van der Waals surface area (Å²) in [5.41, 5.74) is 2.49. The smallest absolute Gasteiger partial charge is 0.373 e. The van der Waals surface area contributed by atoms with Crippen LogP contribution in [0.25, 0.3) is 0 Å². The van der Waals surface area contributed by atoms with Crippen molar-refractivity contribution in [2.45, 2.75) is 26.4 Å². The second kappa shape index (κ2) is 6.00. The highest BCUT2D eigenvalue weighted by Gasteiger charge is 2.26. The van der Waals surface area contributed by atoms with Crippen LogP contribution in [0, 0.1) is 13.8 Å². The van der Waals surface area contributed by atoms with Crippen LogP contribution in [0.4, 0.5) is 13.2 Å². The minimum absolute atomic E-state index is 0.305. The van der Waals surface area contributed by atoms with E-state index >= 15 is 0 Å². The molecule has 0 saturated heterocycles. The largest absolute Gasteiger partial charge is 0.391 e. The zero-order valence-electron chi connectivity index (χ0n) is 10.3. The molecule has 5 heteroatoms. The maximum absolute atomic E-state index is 11.8. The van der Waals surface area contributed by atoms with Gasteiger partial charge in [0.2, 0.25) is 0 Å². The van der Waals surface area contributed by atoms with Gasteiger partial charge in [0.15, 0.2) is 5.78 Å². The maximum atomic E-state index is 11.8. The number of aryl methyl sites for hydroxylation is 2. The van der Waals surface area contributed by atoms with E-state index in [-0.39, 0.29) is 12.4 Å². The fourth-order valence-electron chi connectivity index (χ4n) is 1.35. The molecular formula is C13H15F3O2. The van der Waals surface area contributed by atoms with Crippen molar-refractivity contribution in [2.75, 3.05) is 13.2 Å². The third kappa shape index (κ3) is 4.87. The number of benzene rings is 1. The van der Waals surface area contributed by atoms with E-state index in [1.807, 2.05) is 13.8 Å². The Bertz CT molecular complexity index is 425. The zero-order valence-corrected chi connectivity index (χ0v) is 10.3. The Kier molecular flexibility index (Phi) is 4.90. The summed E-state index contributed by atoms with van der Waals surface area (Å²) in [4.78, 5) is 11.6. The van der Waals surface area contributed by atoms with Gasteiger partial charge in [-0.25, -0.2) is 0 Å². The molecule has 0 atom stereocenters. The predicted molar refractivity (Wildman–Crippen MR) is 61.7 cm³/mol. The Morgan fingerprint density at radius 3 is 2.44 bits per heavy atom. The van der Waals surface area contributed by atoms with Gasteiger partial charge in [0.25, 0.3) is 0 Å². The number of alkyl halides is 3. The van der Waals surface area contributed by atoms with Crippen molar-refractivity contribution in [1.29, 1.82) is 0 Å². The first kappa shape index (κ1) is 14.7. The van der Waals surface area contributed by atoms with E-state index in [4.69, 9.17) is 4.74 Å². The first-order chi connectivity index (χ1) is 8.29. The van der Waals surface area contributed by atoms with Crippen molar-refractivity contribution < 1.29 is 22.7 Å². The number of carbonyl (C=O) groups excluding carboxylic acids is 1. The van der Waals surface area contributed by atoms with Crippen LogP contribution in [0.15, 0.2) is 18.2 Å². The lowest BCUT2D eigenvalue weighted by molar-refractivity contribution is -0.144. The normalized spacial score (nSPS) is 11.6. The molecule has 0 aliphatic carbocycles. The monoisotopic (exact) mass is 260 g/mol. The average Bonchev–Trinajstić information content (AvgIpc) is 2.26. The summed E-state index contributed by atoms with van der Waals surface area (Å²) in [5.74, 6) is -0.305. The van der Waals surface area contributed by atoms with Crippen molar-refractivity contribution in [3.05, 3.63) is 34.9 Å². The van der Waals surface area contributed by atoms with Gasteiger partial charge in [-0.1, -0.05) is 12.1 Å².